The molecule has 1 aromatic rings. The van der Waals surface area contributed by atoms with Gasteiger partial charge in [0.15, 0.2) is 6.61 Å². The molecule has 0 aliphatic carbocycles. The quantitative estimate of drug-likeness (QED) is 0.764. The van der Waals surface area contributed by atoms with Crippen molar-refractivity contribution in [2.24, 2.45) is 0 Å². The van der Waals surface area contributed by atoms with Crippen molar-refractivity contribution in [1.82, 2.24) is 0 Å². The highest BCUT2D eigenvalue weighted by Gasteiger charge is 2.29. The van der Waals surface area contributed by atoms with E-state index in [2.05, 4.69) is 36.6 Å². The summed E-state index contributed by atoms with van der Waals surface area (Å²) in [4.78, 5) is 10.4. The number of rotatable bonds is 4. The fraction of sp³-hybridized carbons (Fsp3) is 0.182. The highest BCUT2D eigenvalue weighted by Crippen LogP contribution is 2.36. The van der Waals surface area contributed by atoms with Gasteiger partial charge in [-0.25, -0.2) is 4.79 Å². The lowest BCUT2D eigenvalue weighted by atomic mass is 10.2. The lowest BCUT2D eigenvalue weighted by Gasteiger charge is -2.12. The molecular weight excluding hydrogens is 397 g/mol. The molecule has 0 aliphatic rings. The highest BCUT2D eigenvalue weighted by molar-refractivity contribution is 9.11. The van der Waals surface area contributed by atoms with Gasteiger partial charge in [-0.05, 0) is 55.6 Å². The van der Waals surface area contributed by atoms with Gasteiger partial charge in [0.2, 0.25) is 0 Å². The van der Waals surface area contributed by atoms with Crippen LogP contribution in [0.3, 0.4) is 0 Å². The predicted molar refractivity (Wildman–Crippen MR) is 70.1 cm³/mol. The monoisotopic (exact) mass is 402 g/mol. The summed E-state index contributed by atoms with van der Waals surface area (Å²) in [5, 5.41) is 8.48. The molecule has 1 aromatic carbocycles. The molecule has 0 saturated heterocycles. The van der Waals surface area contributed by atoms with Gasteiger partial charge in [-0.15, -0.1) is 0 Å². The van der Waals surface area contributed by atoms with Crippen LogP contribution in [0.5, 0.6) is 5.75 Å². The average molecular weight is 404 g/mol. The van der Waals surface area contributed by atoms with E-state index in [1.807, 2.05) is 0 Å². The molecule has 3 nitrogen and oxygen atoms in total. The third-order valence-corrected chi connectivity index (χ3v) is 3.00. The van der Waals surface area contributed by atoms with Crippen LogP contribution in [0.4, 0.5) is 13.2 Å². The van der Waals surface area contributed by atoms with Crippen LogP contribution in [-0.4, -0.2) is 23.9 Å². The Hall–Kier alpha value is -1.02. The standard InChI is InChI=1S/C11H7Br2F3O3/c12-7-3-6(1-2-9(17)18)4-8(13)10(7)19-5-11(14,15)16/h1-4H,5H2,(H,17,18)/b2-1+. The Balaban J connectivity index is 2.94. The lowest BCUT2D eigenvalue weighted by molar-refractivity contribution is -0.153. The van der Waals surface area contributed by atoms with Gasteiger partial charge >= 0.3 is 12.1 Å². The Kier molecular flexibility index (Phi) is 5.42. The van der Waals surface area contributed by atoms with Crippen molar-refractivity contribution >= 4 is 43.9 Å². The van der Waals surface area contributed by atoms with Crippen molar-refractivity contribution in [2.45, 2.75) is 6.18 Å². The summed E-state index contributed by atoms with van der Waals surface area (Å²) in [6.07, 6.45) is -2.20. The van der Waals surface area contributed by atoms with Crippen LogP contribution in [0.25, 0.3) is 6.08 Å². The van der Waals surface area contributed by atoms with Crippen molar-refractivity contribution in [3.05, 3.63) is 32.7 Å². The number of alkyl halides is 3. The summed E-state index contributed by atoms with van der Waals surface area (Å²) in [7, 11) is 0. The number of halogens is 5. The Bertz CT molecular complexity index is 489. The number of carbonyl (C=O) groups is 1. The molecule has 0 aromatic heterocycles. The van der Waals surface area contributed by atoms with E-state index in [0.29, 0.717) is 5.56 Å². The highest BCUT2D eigenvalue weighted by atomic mass is 79.9. The predicted octanol–water partition coefficient (Wildman–Crippen LogP) is 4.25. The number of carboxylic acid groups (broad SMARTS) is 1. The molecular formula is C11H7Br2F3O3. The van der Waals surface area contributed by atoms with E-state index in [1.165, 1.54) is 18.2 Å². The summed E-state index contributed by atoms with van der Waals surface area (Å²) >= 11 is 6.14. The first-order valence-corrected chi connectivity index (χ1v) is 6.37. The second-order valence-electron chi connectivity index (χ2n) is 3.39. The van der Waals surface area contributed by atoms with Crippen LogP contribution in [0.15, 0.2) is 27.2 Å². The summed E-state index contributed by atoms with van der Waals surface area (Å²) in [5.74, 6) is -1.12. The number of aliphatic carboxylic acids is 1. The van der Waals surface area contributed by atoms with Gasteiger partial charge in [0.1, 0.15) is 5.75 Å². The van der Waals surface area contributed by atoms with Crippen LogP contribution < -0.4 is 4.74 Å². The van der Waals surface area contributed by atoms with Crippen LogP contribution in [0, 0.1) is 0 Å². The number of ether oxygens (including phenoxy) is 1. The van der Waals surface area contributed by atoms with Crippen molar-refractivity contribution in [3.63, 3.8) is 0 Å². The molecule has 0 fully saturated rings. The molecule has 0 aliphatic heterocycles. The maximum absolute atomic E-state index is 12.1. The summed E-state index contributed by atoms with van der Waals surface area (Å²) in [6, 6.07) is 2.91. The first-order chi connectivity index (χ1) is 8.69. The molecule has 0 atom stereocenters. The lowest BCUT2D eigenvalue weighted by Crippen LogP contribution is -2.19. The minimum atomic E-state index is -4.43. The zero-order valence-electron chi connectivity index (χ0n) is 9.17. The average Bonchev–Trinajstić information content (AvgIpc) is 2.23. The van der Waals surface area contributed by atoms with E-state index in [1.54, 1.807) is 0 Å². The molecule has 1 N–H and O–H groups in total. The van der Waals surface area contributed by atoms with E-state index in [0.717, 1.165) is 6.08 Å². The van der Waals surface area contributed by atoms with E-state index < -0.39 is 18.8 Å². The fourth-order valence-corrected chi connectivity index (χ4v) is 2.59. The third kappa shape index (κ3) is 5.65. The maximum Gasteiger partial charge on any atom is 0.422 e. The van der Waals surface area contributed by atoms with Crippen molar-refractivity contribution < 1.29 is 27.8 Å². The van der Waals surface area contributed by atoms with Crippen molar-refractivity contribution in [2.75, 3.05) is 6.61 Å². The van der Waals surface area contributed by atoms with Gasteiger partial charge < -0.3 is 9.84 Å². The van der Waals surface area contributed by atoms with E-state index in [-0.39, 0.29) is 14.7 Å². The van der Waals surface area contributed by atoms with Gasteiger partial charge in [-0.2, -0.15) is 13.2 Å². The van der Waals surface area contributed by atoms with Crippen LogP contribution in [0.1, 0.15) is 5.56 Å². The molecule has 0 unspecified atom stereocenters. The topological polar surface area (TPSA) is 46.5 Å². The normalized spacial score (nSPS) is 11.8. The Morgan fingerprint density at radius 1 is 1.32 bits per heavy atom. The smallest absolute Gasteiger partial charge is 0.422 e. The van der Waals surface area contributed by atoms with Crippen LogP contribution >= 0.6 is 31.9 Å². The second kappa shape index (κ2) is 6.42. The maximum atomic E-state index is 12.1. The second-order valence-corrected chi connectivity index (χ2v) is 5.10. The number of benzene rings is 1. The van der Waals surface area contributed by atoms with Crippen molar-refractivity contribution in [3.8, 4) is 5.75 Å². The molecule has 0 radical (unpaired) electrons. The van der Waals surface area contributed by atoms with E-state index in [4.69, 9.17) is 5.11 Å². The Morgan fingerprint density at radius 3 is 2.26 bits per heavy atom. The van der Waals surface area contributed by atoms with Gasteiger partial charge in [-0.3, -0.25) is 0 Å². The molecule has 0 amide bonds. The van der Waals surface area contributed by atoms with E-state index in [9.17, 15) is 18.0 Å². The first kappa shape index (κ1) is 16.0. The van der Waals surface area contributed by atoms with Crippen LogP contribution in [-0.2, 0) is 4.79 Å². The number of hydrogen-bond acceptors (Lipinski definition) is 2. The molecule has 0 bridgehead atoms. The van der Waals surface area contributed by atoms with Crippen LogP contribution in [0.2, 0.25) is 0 Å². The molecule has 0 spiro atoms. The molecule has 0 heterocycles. The summed E-state index contributed by atoms with van der Waals surface area (Å²) in [5.41, 5.74) is 0.500. The van der Waals surface area contributed by atoms with E-state index >= 15 is 0 Å². The zero-order valence-corrected chi connectivity index (χ0v) is 12.3. The molecule has 8 heteroatoms. The Morgan fingerprint density at radius 2 is 1.84 bits per heavy atom. The largest absolute Gasteiger partial charge is 0.482 e. The minimum absolute atomic E-state index is 0.00444. The molecule has 104 valence electrons. The number of carboxylic acids is 1. The first-order valence-electron chi connectivity index (χ1n) is 4.78. The fourth-order valence-electron chi connectivity index (χ4n) is 1.14. The SMILES string of the molecule is O=C(O)/C=C/c1cc(Br)c(OCC(F)(F)F)c(Br)c1. The van der Waals surface area contributed by atoms with Gasteiger partial charge in [-0.1, -0.05) is 0 Å². The third-order valence-electron chi connectivity index (χ3n) is 1.82. The van der Waals surface area contributed by atoms with Gasteiger partial charge in [0, 0.05) is 6.08 Å². The Labute approximate surface area is 123 Å². The van der Waals surface area contributed by atoms with Crippen molar-refractivity contribution in [1.29, 1.82) is 0 Å². The summed E-state index contributed by atoms with van der Waals surface area (Å²) in [6.45, 7) is -1.41. The minimum Gasteiger partial charge on any atom is -0.482 e. The molecule has 1 rings (SSSR count). The number of hydrogen-bond donors (Lipinski definition) is 1. The zero-order chi connectivity index (χ0) is 14.6. The van der Waals surface area contributed by atoms with Gasteiger partial charge in [0.25, 0.3) is 0 Å². The van der Waals surface area contributed by atoms with Gasteiger partial charge in [0.05, 0.1) is 8.95 Å². The molecule has 19 heavy (non-hydrogen) atoms. The molecule has 0 saturated carbocycles. The summed E-state index contributed by atoms with van der Waals surface area (Å²) < 4.78 is 41.4.